The zero-order chi connectivity index (χ0) is 18.7. The van der Waals surface area contributed by atoms with E-state index in [1.807, 2.05) is 30.3 Å². The van der Waals surface area contributed by atoms with Gasteiger partial charge in [-0.25, -0.2) is 0 Å². The van der Waals surface area contributed by atoms with Crippen LogP contribution in [0.5, 0.6) is 5.75 Å². The van der Waals surface area contributed by atoms with E-state index in [1.54, 1.807) is 36.5 Å². The number of aliphatic imine (C=N–C) groups is 1. The molecule has 6 heteroatoms. The largest absolute Gasteiger partial charge is 3.00 e. The van der Waals surface area contributed by atoms with Gasteiger partial charge in [-0.05, 0) is 41.1 Å². The molecule has 0 bridgehead atoms. The van der Waals surface area contributed by atoms with E-state index in [2.05, 4.69) is 24.4 Å². The molecule has 0 aliphatic heterocycles. The van der Waals surface area contributed by atoms with Gasteiger partial charge in [0.05, 0.1) is 22.9 Å². The Morgan fingerprint density at radius 3 is 2.15 bits per heavy atom. The zero-order valence-corrected chi connectivity index (χ0v) is 15.8. The van der Waals surface area contributed by atoms with Crippen LogP contribution in [0.4, 0.5) is 5.69 Å². The molecule has 0 aliphatic rings. The minimum Gasteiger partial charge on any atom is 3.00 e. The van der Waals surface area contributed by atoms with Crippen molar-refractivity contribution in [2.45, 2.75) is 0 Å². The average molecular weight is 522 g/mol. The van der Waals surface area contributed by atoms with Gasteiger partial charge < -0.3 is 5.11 Å². The third-order valence-electron chi connectivity index (χ3n) is 3.31. The van der Waals surface area contributed by atoms with E-state index in [9.17, 15) is 0 Å². The number of nitrogens with zero attached hydrogens (tertiary/aromatic N) is 2. The van der Waals surface area contributed by atoms with Crippen molar-refractivity contribution in [2.24, 2.45) is 4.99 Å². The van der Waals surface area contributed by atoms with Crippen molar-refractivity contribution in [3.05, 3.63) is 85.1 Å². The molecule has 3 aromatic carbocycles. The first-order valence-corrected chi connectivity index (χ1v) is 6.96. The van der Waals surface area contributed by atoms with Crippen molar-refractivity contribution in [3.8, 4) is 11.8 Å². The van der Waals surface area contributed by atoms with Crippen molar-refractivity contribution < 1.29 is 34.5 Å². The quantitative estimate of drug-likeness (QED) is 0.286. The van der Waals surface area contributed by atoms with Gasteiger partial charge in [0.2, 0.25) is 0 Å². The van der Waals surface area contributed by atoms with Crippen LogP contribution in [0.3, 0.4) is 0 Å². The van der Waals surface area contributed by atoms with Gasteiger partial charge in [-0.15, -0.1) is 0 Å². The van der Waals surface area contributed by atoms with E-state index >= 15 is 0 Å². The van der Waals surface area contributed by atoms with Gasteiger partial charge in [-0.1, -0.05) is 24.3 Å². The summed E-state index contributed by atoms with van der Waals surface area (Å²) in [4.78, 5) is 4.41. The summed E-state index contributed by atoms with van der Waals surface area (Å²) in [6.45, 7) is 9.00. The van der Waals surface area contributed by atoms with E-state index < -0.39 is 0 Å². The Morgan fingerprint density at radius 2 is 1.54 bits per heavy atom. The monoisotopic (exact) mass is 522 g/mol. The van der Waals surface area contributed by atoms with Crippen molar-refractivity contribution in [1.29, 1.82) is 5.26 Å². The van der Waals surface area contributed by atoms with E-state index in [0.29, 0.717) is 11.3 Å². The minimum absolute atomic E-state index is 0. The summed E-state index contributed by atoms with van der Waals surface area (Å²) in [5, 5.41) is 18.9. The molecule has 0 spiro atoms. The summed E-state index contributed by atoms with van der Waals surface area (Å²) in [5.74, 6) is 0.450. The molecule has 3 aromatic rings. The number of hydrogen-bond acceptors (Lipinski definition) is 2. The Hall–Kier alpha value is -2.99. The van der Waals surface area contributed by atoms with Gasteiger partial charge in [0.15, 0.2) is 0 Å². The number of hydrogen-bond donors (Lipinski definition) is 0. The number of rotatable bonds is 2. The summed E-state index contributed by atoms with van der Waals surface area (Å²) in [6.07, 6.45) is 1.71. The fourth-order valence-electron chi connectivity index (χ4n) is 2.20. The maximum atomic E-state index is 8.78. The molecule has 126 valence electrons. The molecule has 0 amide bonds. The Labute approximate surface area is 164 Å². The van der Waals surface area contributed by atoms with Crippen molar-refractivity contribution in [3.63, 3.8) is 0 Å². The van der Waals surface area contributed by atoms with Crippen LogP contribution in [-0.4, -0.2) is 11.3 Å². The Bertz CT molecular complexity index is 949. The molecule has 0 unspecified atom stereocenters. The van der Waals surface area contributed by atoms with E-state index in [0.717, 1.165) is 22.0 Å². The van der Waals surface area contributed by atoms with Crippen LogP contribution in [0, 0.1) is 24.6 Å². The van der Waals surface area contributed by atoms with Gasteiger partial charge in [-0.2, -0.15) is 5.26 Å². The third kappa shape index (κ3) is 5.82. The molecule has 0 saturated heterocycles. The van der Waals surface area contributed by atoms with Crippen molar-refractivity contribution in [2.75, 3.05) is 0 Å². The molecule has 0 atom stereocenters. The van der Waals surface area contributed by atoms with Crippen LogP contribution in [-0.2, 0) is 29.4 Å². The molecule has 0 saturated carbocycles. The van der Waals surface area contributed by atoms with Gasteiger partial charge in [0, 0.05) is 12.3 Å². The minimum atomic E-state index is 0. The predicted octanol–water partition coefficient (Wildman–Crippen LogP) is 3.82. The first-order chi connectivity index (χ1) is 12.3. The molecular formula is C20H13IrN2O3+4. The molecule has 0 heterocycles. The Morgan fingerprint density at radius 1 is 0.923 bits per heavy atom. The van der Waals surface area contributed by atoms with Crippen molar-refractivity contribution in [1.82, 2.24) is 0 Å². The Balaban J connectivity index is 0.00000117. The molecule has 0 aromatic heterocycles. The second kappa shape index (κ2) is 12.4. The molecule has 2 N–H and O–H groups in total. The van der Waals surface area contributed by atoms with Crippen LogP contribution >= 0.6 is 0 Å². The fourth-order valence-corrected chi connectivity index (χ4v) is 2.20. The first kappa shape index (κ1) is 23.0. The topological polar surface area (TPSA) is 98.8 Å². The van der Waals surface area contributed by atoms with Crippen LogP contribution < -0.4 is 0 Å². The van der Waals surface area contributed by atoms with E-state index in [-0.39, 0.29) is 20.1 Å². The van der Waals surface area contributed by atoms with Crippen LogP contribution in [0.25, 0.3) is 10.8 Å². The van der Waals surface area contributed by atoms with Crippen LogP contribution in [0.15, 0.2) is 65.7 Å². The second-order valence-corrected chi connectivity index (χ2v) is 4.66. The molecule has 0 fully saturated rings. The maximum Gasteiger partial charge on any atom is 3.00 e. The normalized spacial score (nSPS) is 8.88. The SMILES string of the molecule is N#Cc1ccc(N=Cc2c([OH2+])ccc3ccccc23)cc1.[C-]#[O+].[C-]#[O+].[Ir+3]. The van der Waals surface area contributed by atoms with Crippen LogP contribution in [0.2, 0.25) is 0 Å². The van der Waals surface area contributed by atoms with E-state index in [4.69, 9.17) is 19.7 Å². The second-order valence-electron chi connectivity index (χ2n) is 4.66. The van der Waals surface area contributed by atoms with Crippen molar-refractivity contribution >= 4 is 22.7 Å². The summed E-state index contributed by atoms with van der Waals surface area (Å²) in [6, 6.07) is 20.8. The molecule has 3 rings (SSSR count). The Kier molecular flexibility index (Phi) is 11.0. The maximum absolute atomic E-state index is 8.78. The standard InChI is InChI=1S/C18H12N2O.2CO.Ir/c19-11-13-5-8-15(9-6-13)20-12-17-16-4-2-1-3-14(16)7-10-18(17)21;2*1-2;/h1-10,12,21H;;;/q;;;+3/p+1. The summed E-state index contributed by atoms with van der Waals surface area (Å²) in [7, 11) is 0. The van der Waals surface area contributed by atoms with Gasteiger partial charge in [0.25, 0.3) is 5.75 Å². The fraction of sp³-hybridized carbons (Fsp3) is 0. The van der Waals surface area contributed by atoms with Gasteiger partial charge >= 0.3 is 42.7 Å². The predicted molar refractivity (Wildman–Crippen MR) is 93.3 cm³/mol. The van der Waals surface area contributed by atoms with Crippen LogP contribution in [0.1, 0.15) is 11.1 Å². The van der Waals surface area contributed by atoms with E-state index in [1.165, 1.54) is 0 Å². The molecule has 26 heavy (non-hydrogen) atoms. The number of nitriles is 1. The average Bonchev–Trinajstić information content (AvgIpc) is 2.71. The van der Waals surface area contributed by atoms with Gasteiger partial charge in [0.1, 0.15) is 0 Å². The molecular weight excluding hydrogens is 508 g/mol. The molecule has 0 radical (unpaired) electrons. The summed E-state index contributed by atoms with van der Waals surface area (Å²) < 4.78 is 15.0. The smallest absolute Gasteiger partial charge is 3.00 e. The summed E-state index contributed by atoms with van der Waals surface area (Å²) in [5.41, 5.74) is 2.18. The van der Waals surface area contributed by atoms with Gasteiger partial charge in [-0.3, -0.25) is 4.99 Å². The number of benzene rings is 3. The molecule has 0 aliphatic carbocycles. The summed E-state index contributed by atoms with van der Waals surface area (Å²) >= 11 is 0. The number of fused-ring (bicyclic) bond motifs is 1. The first-order valence-electron chi connectivity index (χ1n) is 6.96. The zero-order valence-electron chi connectivity index (χ0n) is 13.4. The third-order valence-corrected chi connectivity index (χ3v) is 3.31. The molecule has 5 nitrogen and oxygen atoms in total.